The minimum Gasteiger partial charge on any atom is -0.318 e. The highest BCUT2D eigenvalue weighted by atomic mass is 31.2. The van der Waals surface area contributed by atoms with E-state index in [0.717, 1.165) is 17.6 Å². The average Bonchev–Trinajstić information content (AvgIpc) is 2.13. The van der Waals surface area contributed by atoms with Crippen molar-refractivity contribution in [3.05, 3.63) is 30.3 Å². The lowest BCUT2D eigenvalue weighted by molar-refractivity contribution is 0.288. The van der Waals surface area contributed by atoms with E-state index in [4.69, 9.17) is 0 Å². The zero-order valence-corrected chi connectivity index (χ0v) is 12.1. The molecule has 0 aromatic heterocycles. The summed E-state index contributed by atoms with van der Waals surface area (Å²) in [7, 11) is -2.27. The lowest BCUT2D eigenvalue weighted by Crippen LogP contribution is -2.60. The molecule has 1 aliphatic heterocycles. The molecule has 94 valence electrons. The summed E-state index contributed by atoms with van der Waals surface area (Å²) in [6, 6.07) is 9.97. The standard InChI is InChI=1S/C14H22NOP/c1-13(2)10-17(16,11-14(3,4)15-13)12-8-6-5-7-9-12/h5-9,15H,10-11H2,1-4H3. The Kier molecular flexibility index (Phi) is 3.00. The molecule has 17 heavy (non-hydrogen) atoms. The van der Waals surface area contributed by atoms with Gasteiger partial charge >= 0.3 is 0 Å². The summed E-state index contributed by atoms with van der Waals surface area (Å²) in [6.45, 7) is 8.57. The molecule has 0 bridgehead atoms. The molecule has 2 rings (SSSR count). The Labute approximate surface area is 104 Å². The molecule has 0 spiro atoms. The SMILES string of the molecule is CC1(C)CP(=O)(c2ccccc2)CC(C)(C)N1. The van der Waals surface area contributed by atoms with Crippen molar-refractivity contribution in [1.82, 2.24) is 5.32 Å². The van der Waals surface area contributed by atoms with Gasteiger partial charge in [-0.05, 0) is 27.7 Å². The molecule has 0 aliphatic carbocycles. The maximum atomic E-state index is 13.2. The van der Waals surface area contributed by atoms with Gasteiger partial charge in [0.2, 0.25) is 0 Å². The molecular weight excluding hydrogens is 229 g/mol. The van der Waals surface area contributed by atoms with Crippen LogP contribution in [0.25, 0.3) is 0 Å². The predicted molar refractivity (Wildman–Crippen MR) is 74.7 cm³/mol. The lowest BCUT2D eigenvalue weighted by atomic mass is 10.00. The van der Waals surface area contributed by atoms with E-state index >= 15 is 0 Å². The third kappa shape index (κ3) is 2.81. The smallest absolute Gasteiger partial charge is 0.119 e. The molecule has 1 aromatic carbocycles. The summed E-state index contributed by atoms with van der Waals surface area (Å²) in [6.07, 6.45) is 1.49. The Bertz CT molecular complexity index is 431. The van der Waals surface area contributed by atoms with E-state index in [0.29, 0.717) is 0 Å². The molecule has 0 unspecified atom stereocenters. The van der Waals surface area contributed by atoms with Crippen molar-refractivity contribution in [3.63, 3.8) is 0 Å². The van der Waals surface area contributed by atoms with Crippen LogP contribution in [0, 0.1) is 0 Å². The fourth-order valence-corrected chi connectivity index (χ4v) is 7.11. The van der Waals surface area contributed by atoms with Gasteiger partial charge in [0.25, 0.3) is 0 Å². The van der Waals surface area contributed by atoms with Gasteiger partial charge < -0.3 is 9.88 Å². The Morgan fingerprint density at radius 2 is 1.47 bits per heavy atom. The molecule has 1 saturated heterocycles. The molecule has 1 fully saturated rings. The maximum absolute atomic E-state index is 13.2. The summed E-state index contributed by atoms with van der Waals surface area (Å²) in [4.78, 5) is 0. The monoisotopic (exact) mass is 251 g/mol. The van der Waals surface area contributed by atoms with Crippen molar-refractivity contribution in [2.45, 2.75) is 38.8 Å². The zero-order chi connectivity index (χ0) is 12.7. The topological polar surface area (TPSA) is 29.1 Å². The average molecular weight is 251 g/mol. The largest absolute Gasteiger partial charge is 0.318 e. The zero-order valence-electron chi connectivity index (χ0n) is 11.2. The molecule has 1 N–H and O–H groups in total. The second kappa shape index (κ2) is 3.96. The van der Waals surface area contributed by atoms with Crippen molar-refractivity contribution < 1.29 is 4.57 Å². The van der Waals surface area contributed by atoms with E-state index < -0.39 is 7.14 Å². The van der Waals surface area contributed by atoms with Gasteiger partial charge in [-0.3, -0.25) is 0 Å². The fraction of sp³-hybridized carbons (Fsp3) is 0.571. The van der Waals surface area contributed by atoms with E-state index in [1.807, 2.05) is 30.3 Å². The van der Waals surface area contributed by atoms with Crippen LogP contribution < -0.4 is 10.6 Å². The summed E-state index contributed by atoms with van der Waals surface area (Å²) < 4.78 is 13.2. The number of rotatable bonds is 1. The quantitative estimate of drug-likeness (QED) is 0.778. The van der Waals surface area contributed by atoms with Gasteiger partial charge in [-0.25, -0.2) is 0 Å². The van der Waals surface area contributed by atoms with E-state index in [2.05, 4.69) is 33.0 Å². The van der Waals surface area contributed by atoms with Crippen molar-refractivity contribution in [2.24, 2.45) is 0 Å². The predicted octanol–water partition coefficient (Wildman–Crippen LogP) is 2.84. The molecule has 3 heteroatoms. The van der Waals surface area contributed by atoms with Crippen LogP contribution in [0.5, 0.6) is 0 Å². The van der Waals surface area contributed by atoms with Crippen LogP contribution in [0.15, 0.2) is 30.3 Å². The minimum atomic E-state index is -2.27. The first kappa shape index (κ1) is 12.9. The second-order valence-corrected chi connectivity index (χ2v) is 9.36. The Balaban J connectivity index is 2.41. The third-order valence-electron chi connectivity index (χ3n) is 3.20. The van der Waals surface area contributed by atoms with E-state index in [1.54, 1.807) is 0 Å². The van der Waals surface area contributed by atoms with E-state index in [-0.39, 0.29) is 11.1 Å². The van der Waals surface area contributed by atoms with Crippen molar-refractivity contribution in [3.8, 4) is 0 Å². The molecule has 0 radical (unpaired) electrons. The number of nitrogens with one attached hydrogen (secondary N) is 1. The molecule has 1 aromatic rings. The van der Waals surface area contributed by atoms with Gasteiger partial charge in [0, 0.05) is 28.7 Å². The number of hydrogen-bond acceptors (Lipinski definition) is 2. The van der Waals surface area contributed by atoms with Gasteiger partial charge in [0.1, 0.15) is 7.14 Å². The molecule has 1 heterocycles. The number of benzene rings is 1. The Hall–Kier alpha value is -0.590. The summed E-state index contributed by atoms with van der Waals surface area (Å²) >= 11 is 0. The Morgan fingerprint density at radius 1 is 1.00 bits per heavy atom. The highest BCUT2D eigenvalue weighted by Gasteiger charge is 2.44. The molecular formula is C14H22NOP. The van der Waals surface area contributed by atoms with Crippen LogP contribution in [0.1, 0.15) is 27.7 Å². The van der Waals surface area contributed by atoms with Crippen molar-refractivity contribution >= 4 is 12.4 Å². The van der Waals surface area contributed by atoms with Crippen LogP contribution in [0.3, 0.4) is 0 Å². The van der Waals surface area contributed by atoms with Gasteiger partial charge in [0.15, 0.2) is 0 Å². The Morgan fingerprint density at radius 3 is 1.94 bits per heavy atom. The fourth-order valence-electron chi connectivity index (χ4n) is 3.21. The number of hydrogen-bond donors (Lipinski definition) is 1. The molecule has 1 aliphatic rings. The van der Waals surface area contributed by atoms with Crippen molar-refractivity contribution in [1.29, 1.82) is 0 Å². The van der Waals surface area contributed by atoms with Gasteiger partial charge in [0.05, 0.1) is 0 Å². The highest BCUT2D eigenvalue weighted by molar-refractivity contribution is 7.71. The summed E-state index contributed by atoms with van der Waals surface area (Å²) in [5.74, 6) is 0. The van der Waals surface area contributed by atoms with Crippen LogP contribution in [-0.4, -0.2) is 23.4 Å². The first-order valence-electron chi connectivity index (χ1n) is 6.16. The molecule has 0 saturated carbocycles. The van der Waals surface area contributed by atoms with Crippen LogP contribution >= 0.6 is 7.14 Å². The molecule has 2 nitrogen and oxygen atoms in total. The minimum absolute atomic E-state index is 0.0624. The van der Waals surface area contributed by atoms with Crippen molar-refractivity contribution in [2.75, 3.05) is 12.3 Å². The maximum Gasteiger partial charge on any atom is 0.119 e. The normalized spacial score (nSPS) is 25.4. The third-order valence-corrected chi connectivity index (χ3v) is 7.05. The van der Waals surface area contributed by atoms with E-state index in [9.17, 15) is 4.57 Å². The van der Waals surface area contributed by atoms with Crippen LogP contribution in [0.4, 0.5) is 0 Å². The van der Waals surface area contributed by atoms with Gasteiger partial charge in [-0.1, -0.05) is 30.3 Å². The summed E-state index contributed by atoms with van der Waals surface area (Å²) in [5.41, 5.74) is -0.125. The molecule has 0 amide bonds. The summed E-state index contributed by atoms with van der Waals surface area (Å²) in [5, 5.41) is 4.61. The van der Waals surface area contributed by atoms with Crippen LogP contribution in [0.2, 0.25) is 0 Å². The second-order valence-electron chi connectivity index (χ2n) is 6.43. The first-order valence-corrected chi connectivity index (χ1v) is 8.23. The molecule has 0 atom stereocenters. The highest BCUT2D eigenvalue weighted by Crippen LogP contribution is 2.52. The van der Waals surface area contributed by atoms with Crippen LogP contribution in [-0.2, 0) is 4.57 Å². The van der Waals surface area contributed by atoms with E-state index in [1.165, 1.54) is 0 Å². The first-order chi connectivity index (χ1) is 7.73. The lowest BCUT2D eigenvalue weighted by Gasteiger charge is -2.46. The van der Waals surface area contributed by atoms with Gasteiger partial charge in [-0.2, -0.15) is 0 Å². The van der Waals surface area contributed by atoms with Gasteiger partial charge in [-0.15, -0.1) is 0 Å².